The van der Waals surface area contributed by atoms with Gasteiger partial charge in [-0.25, -0.2) is 0 Å². The highest BCUT2D eigenvalue weighted by molar-refractivity contribution is 6.02. The number of carboxylic acid groups (broad SMARTS) is 1. The van der Waals surface area contributed by atoms with Gasteiger partial charge in [0.05, 0.1) is 36.8 Å². The number of nitrogens with zero attached hydrogens (tertiary/aromatic N) is 1. The highest BCUT2D eigenvalue weighted by atomic mass is 16.5. The number of hydrogen-bond donors (Lipinski definition) is 1. The second-order valence-electron chi connectivity index (χ2n) is 8.26. The summed E-state index contributed by atoms with van der Waals surface area (Å²) in [5.41, 5.74) is -0.995. The number of aliphatic carboxylic acids is 1. The van der Waals surface area contributed by atoms with Gasteiger partial charge in [0, 0.05) is 18.4 Å². The van der Waals surface area contributed by atoms with Gasteiger partial charge >= 0.3 is 5.97 Å². The van der Waals surface area contributed by atoms with E-state index < -0.39 is 22.7 Å². The largest absolute Gasteiger partial charge is 0.493 e. The Bertz CT molecular complexity index is 1070. The van der Waals surface area contributed by atoms with E-state index in [0.29, 0.717) is 55.1 Å². The summed E-state index contributed by atoms with van der Waals surface area (Å²) in [5.74, 6) is -0.454. The van der Waals surface area contributed by atoms with E-state index in [9.17, 15) is 19.5 Å². The molecule has 2 aromatic rings. The van der Waals surface area contributed by atoms with Crippen LogP contribution in [-0.2, 0) is 16.1 Å². The third kappa shape index (κ3) is 3.92. The van der Waals surface area contributed by atoms with Crippen LogP contribution in [0.3, 0.4) is 0 Å². The number of Topliss-reactive ketones (excluding diaryl/α,β-unsaturated/α-hetero) is 1. The van der Waals surface area contributed by atoms with Crippen molar-refractivity contribution in [1.29, 1.82) is 0 Å². The van der Waals surface area contributed by atoms with Crippen LogP contribution in [0.2, 0.25) is 0 Å². The zero-order valence-corrected chi connectivity index (χ0v) is 17.6. The summed E-state index contributed by atoms with van der Waals surface area (Å²) in [7, 11) is 1.53. The van der Waals surface area contributed by atoms with E-state index in [1.807, 2.05) is 0 Å². The first-order chi connectivity index (χ1) is 15.0. The number of hydrogen-bond acceptors (Lipinski definition) is 6. The maximum absolute atomic E-state index is 13.4. The van der Waals surface area contributed by atoms with Crippen LogP contribution >= 0.6 is 0 Å². The highest BCUT2D eigenvalue weighted by Crippen LogP contribution is 2.41. The fourth-order valence-corrected chi connectivity index (χ4v) is 4.70. The third-order valence-corrected chi connectivity index (χ3v) is 6.39. The lowest BCUT2D eigenvalue weighted by molar-refractivity contribution is -0.150. The van der Waals surface area contributed by atoms with Gasteiger partial charge in [-0.3, -0.25) is 14.4 Å². The minimum Gasteiger partial charge on any atom is -0.493 e. The molecule has 0 saturated heterocycles. The summed E-state index contributed by atoms with van der Waals surface area (Å²) >= 11 is 0. The fraction of sp³-hybridized carbons (Fsp3) is 0.522. The molecule has 0 unspecified atom stereocenters. The molecular weight excluding hydrogens is 402 g/mol. The molecule has 1 aliphatic heterocycles. The van der Waals surface area contributed by atoms with Crippen LogP contribution in [0.1, 0.15) is 48.9 Å². The number of aromatic nitrogens is 1. The Morgan fingerprint density at radius 1 is 1.16 bits per heavy atom. The van der Waals surface area contributed by atoms with Gasteiger partial charge in [-0.2, -0.15) is 0 Å². The molecule has 0 amide bonds. The number of rotatable bonds is 5. The molecule has 1 N–H and O–H groups in total. The molecule has 1 fully saturated rings. The van der Waals surface area contributed by atoms with Gasteiger partial charge in [0.1, 0.15) is 6.61 Å². The molecule has 8 heteroatoms. The van der Waals surface area contributed by atoms with E-state index >= 15 is 0 Å². The first-order valence-corrected chi connectivity index (χ1v) is 10.7. The van der Waals surface area contributed by atoms with Crippen LogP contribution in [0.4, 0.5) is 0 Å². The molecule has 0 atom stereocenters. The second-order valence-corrected chi connectivity index (χ2v) is 8.26. The Labute approximate surface area is 179 Å². The van der Waals surface area contributed by atoms with Crippen molar-refractivity contribution in [1.82, 2.24) is 4.57 Å². The highest BCUT2D eigenvalue weighted by Gasteiger charge is 2.42. The Kier molecular flexibility index (Phi) is 6.00. The number of carbonyl (C=O) groups is 2. The lowest BCUT2D eigenvalue weighted by atomic mass is 9.70. The molecule has 1 aromatic carbocycles. The molecule has 0 bridgehead atoms. The number of carbonyl (C=O) groups excluding carboxylic acids is 1. The van der Waals surface area contributed by atoms with Crippen molar-refractivity contribution in [3.8, 4) is 11.5 Å². The predicted octanol–water partition coefficient (Wildman–Crippen LogP) is 3.03. The van der Waals surface area contributed by atoms with Crippen LogP contribution in [0, 0.1) is 5.41 Å². The summed E-state index contributed by atoms with van der Waals surface area (Å²) in [6.07, 6.45) is 3.27. The summed E-state index contributed by atoms with van der Waals surface area (Å²) in [6, 6.07) is 5.07. The Balaban J connectivity index is 1.83. The lowest BCUT2D eigenvalue weighted by Crippen LogP contribution is -2.37. The average molecular weight is 429 g/mol. The van der Waals surface area contributed by atoms with E-state index in [4.69, 9.17) is 14.2 Å². The van der Waals surface area contributed by atoms with E-state index in [1.165, 1.54) is 11.7 Å². The molecule has 166 valence electrons. The molecule has 1 aliphatic carbocycles. The van der Waals surface area contributed by atoms with Crippen LogP contribution in [-0.4, -0.2) is 48.4 Å². The summed E-state index contributed by atoms with van der Waals surface area (Å²) in [4.78, 5) is 38.6. The Morgan fingerprint density at radius 2 is 1.94 bits per heavy atom. The lowest BCUT2D eigenvalue weighted by Gasteiger charge is -2.32. The van der Waals surface area contributed by atoms with Crippen molar-refractivity contribution in [2.45, 2.75) is 45.1 Å². The fourth-order valence-electron chi connectivity index (χ4n) is 4.70. The van der Waals surface area contributed by atoms with E-state index in [-0.39, 0.29) is 18.5 Å². The van der Waals surface area contributed by atoms with Crippen molar-refractivity contribution in [3.63, 3.8) is 0 Å². The summed E-state index contributed by atoms with van der Waals surface area (Å²) < 4.78 is 18.3. The molecule has 0 spiro atoms. The molecule has 31 heavy (non-hydrogen) atoms. The van der Waals surface area contributed by atoms with Crippen LogP contribution < -0.4 is 15.0 Å². The maximum Gasteiger partial charge on any atom is 0.310 e. The van der Waals surface area contributed by atoms with E-state index in [2.05, 4.69) is 0 Å². The first-order valence-electron chi connectivity index (χ1n) is 10.7. The van der Waals surface area contributed by atoms with Gasteiger partial charge in [0.15, 0.2) is 17.3 Å². The zero-order valence-electron chi connectivity index (χ0n) is 17.6. The zero-order chi connectivity index (χ0) is 22.0. The minimum atomic E-state index is -1.10. The quantitative estimate of drug-likeness (QED) is 0.729. The van der Waals surface area contributed by atoms with Crippen molar-refractivity contribution in [3.05, 3.63) is 34.1 Å². The van der Waals surface area contributed by atoms with Gasteiger partial charge in [0.25, 0.3) is 5.56 Å². The average Bonchev–Trinajstić information content (AvgIpc) is 2.88. The molecule has 2 heterocycles. The first kappa shape index (κ1) is 21.4. The topological polar surface area (TPSA) is 104 Å². The molecule has 8 nitrogen and oxygen atoms in total. The number of carboxylic acids is 1. The Hall–Kier alpha value is -2.87. The number of methoxy groups -OCH3 is 1. The molecule has 4 rings (SSSR count). The second kappa shape index (κ2) is 8.70. The Morgan fingerprint density at radius 3 is 2.65 bits per heavy atom. The van der Waals surface area contributed by atoms with E-state index in [0.717, 1.165) is 19.3 Å². The molecule has 0 radical (unpaired) electrons. The van der Waals surface area contributed by atoms with Gasteiger partial charge in [-0.1, -0.05) is 19.3 Å². The number of ketones is 1. The molecular formula is C23H27NO7. The summed E-state index contributed by atoms with van der Waals surface area (Å²) in [5, 5.41) is 10.5. The minimum absolute atomic E-state index is 0.00839. The molecule has 2 aliphatic rings. The van der Waals surface area contributed by atoms with Gasteiger partial charge in [0.2, 0.25) is 0 Å². The maximum atomic E-state index is 13.4. The van der Waals surface area contributed by atoms with Crippen molar-refractivity contribution >= 4 is 22.7 Å². The number of ether oxygens (including phenoxy) is 3. The number of pyridine rings is 1. The number of benzene rings is 1. The predicted molar refractivity (Wildman–Crippen MR) is 113 cm³/mol. The summed E-state index contributed by atoms with van der Waals surface area (Å²) in [6.45, 7) is 1.23. The van der Waals surface area contributed by atoms with Crippen molar-refractivity contribution < 1.29 is 28.9 Å². The van der Waals surface area contributed by atoms with E-state index in [1.54, 1.807) is 18.2 Å². The standard InChI is InChI=1S/C23H27NO7/c1-29-18-6-5-15-13-16(17(25)14-23(22(27)28)7-3-2-4-8-23)21(26)24-9-10-30-11-12-31-20(18)19(15)24/h5-6,13H,2-4,7-12,14H2,1H3,(H,27,28). The van der Waals surface area contributed by atoms with Crippen LogP contribution in [0.5, 0.6) is 11.5 Å². The monoisotopic (exact) mass is 429 g/mol. The van der Waals surface area contributed by atoms with Crippen LogP contribution in [0.25, 0.3) is 10.9 Å². The van der Waals surface area contributed by atoms with Gasteiger partial charge in [-0.15, -0.1) is 0 Å². The van der Waals surface area contributed by atoms with Gasteiger partial charge < -0.3 is 23.9 Å². The normalized spacial score (nSPS) is 18.4. The molecule has 1 saturated carbocycles. The van der Waals surface area contributed by atoms with Crippen LogP contribution in [0.15, 0.2) is 23.0 Å². The third-order valence-electron chi connectivity index (χ3n) is 6.39. The smallest absolute Gasteiger partial charge is 0.310 e. The molecule has 1 aromatic heterocycles. The van der Waals surface area contributed by atoms with Gasteiger partial charge in [-0.05, 0) is 31.0 Å². The van der Waals surface area contributed by atoms with Crippen molar-refractivity contribution in [2.75, 3.05) is 26.9 Å². The SMILES string of the molecule is COc1ccc2cc(C(=O)CC3(C(=O)O)CCCCC3)c(=O)n3c2c1OCCOCC3. The van der Waals surface area contributed by atoms with Crippen molar-refractivity contribution in [2.24, 2.45) is 5.41 Å².